The van der Waals surface area contributed by atoms with E-state index in [0.29, 0.717) is 20.0 Å². The first kappa shape index (κ1) is 33.4. The Labute approximate surface area is 288 Å². The van der Waals surface area contributed by atoms with Crippen LogP contribution >= 0.6 is 0 Å². The van der Waals surface area contributed by atoms with Gasteiger partial charge in [-0.25, -0.2) is 9.78 Å². The summed E-state index contributed by atoms with van der Waals surface area (Å²) in [5.41, 5.74) is 4.38. The van der Waals surface area contributed by atoms with Gasteiger partial charge >= 0.3 is 13.6 Å². The molecule has 1 unspecified atom stereocenters. The van der Waals surface area contributed by atoms with Crippen LogP contribution in [0.4, 0.5) is 4.79 Å². The molecule has 2 amide bonds. The summed E-state index contributed by atoms with van der Waals surface area (Å²) in [6.07, 6.45) is 3.38. The van der Waals surface area contributed by atoms with E-state index >= 15 is 0 Å². The van der Waals surface area contributed by atoms with E-state index in [-0.39, 0.29) is 23.9 Å². The molecule has 0 bridgehead atoms. The number of rotatable bonds is 8. The Morgan fingerprint density at radius 3 is 2.63 bits per heavy atom. The minimum Gasteiger partial charge on any atom is -0.488 e. The zero-order valence-electron chi connectivity index (χ0n) is 29.6. The molecule has 3 heterocycles. The number of H-pyrrole nitrogens is 1. The number of carbonyl (C=O) groups is 2. The van der Waals surface area contributed by atoms with Crippen LogP contribution in [0.2, 0.25) is 0 Å². The second kappa shape index (κ2) is 12.4. The van der Waals surface area contributed by atoms with Crippen molar-refractivity contribution in [3.63, 3.8) is 0 Å². The number of likely N-dealkylation sites (tertiary alicyclic amines) is 1. The third-order valence-corrected chi connectivity index (χ3v) is 11.3. The summed E-state index contributed by atoms with van der Waals surface area (Å²) in [6, 6.07) is 14.0. The predicted octanol–water partition coefficient (Wildman–Crippen LogP) is 5.64. The highest BCUT2D eigenvalue weighted by molar-refractivity contribution is 6.47. The maximum Gasteiger partial charge on any atom is 0.407 e. The van der Waals surface area contributed by atoms with Crippen molar-refractivity contribution in [2.75, 3.05) is 7.11 Å². The number of methoxy groups -OCH3 is 1. The quantitative estimate of drug-likeness (QED) is 0.208. The maximum absolute atomic E-state index is 14.2. The smallest absolute Gasteiger partial charge is 0.407 e. The van der Waals surface area contributed by atoms with Crippen LogP contribution in [-0.2, 0) is 20.8 Å². The Morgan fingerprint density at radius 1 is 1.10 bits per heavy atom. The highest BCUT2D eigenvalue weighted by atomic mass is 16.5. The topological polar surface area (TPSA) is 126 Å². The third-order valence-electron chi connectivity index (χ3n) is 11.3. The lowest BCUT2D eigenvalue weighted by Crippen LogP contribution is -2.53. The first-order valence-electron chi connectivity index (χ1n) is 17.5. The minimum absolute atomic E-state index is 0.0816. The zero-order valence-corrected chi connectivity index (χ0v) is 29.6. The number of alkyl carbamates (subject to hydrolysis) is 1. The number of aromatic amines is 1. The molecular formula is C38H47BN4O6. The SMILES string of the molecule is COC(=O)N[C@H](C(=O)N1C(c2nc3ccc4cc5c(cc4c3[nH]2)OCc2cc(BOC(C)(C)C(C)(C)O)ccc2-5)C[C@@H]2CCC[C@@H]21)C(C)C. The number of fused-ring (bicyclic) bond motifs is 7. The fraction of sp³-hybridized carbons (Fsp3) is 0.500. The molecule has 3 aliphatic rings. The highest BCUT2D eigenvalue weighted by Crippen LogP contribution is 2.48. The van der Waals surface area contributed by atoms with Gasteiger partial charge in [0.15, 0.2) is 0 Å². The molecule has 2 fully saturated rings. The number of nitrogens with one attached hydrogen (secondary N) is 2. The molecule has 7 rings (SSSR count). The molecule has 3 N–H and O–H groups in total. The highest BCUT2D eigenvalue weighted by Gasteiger charge is 2.49. The van der Waals surface area contributed by atoms with E-state index < -0.39 is 23.3 Å². The number of aliphatic hydroxyl groups is 1. The van der Waals surface area contributed by atoms with Gasteiger partial charge in [-0.1, -0.05) is 50.0 Å². The lowest BCUT2D eigenvalue weighted by molar-refractivity contribution is -0.137. The van der Waals surface area contributed by atoms with Crippen LogP contribution < -0.4 is 15.5 Å². The molecule has 49 heavy (non-hydrogen) atoms. The van der Waals surface area contributed by atoms with Gasteiger partial charge in [-0.15, -0.1) is 0 Å². The molecule has 2 aliphatic heterocycles. The maximum atomic E-state index is 14.2. The lowest BCUT2D eigenvalue weighted by Gasteiger charge is -2.37. The molecule has 4 atom stereocenters. The van der Waals surface area contributed by atoms with E-state index in [0.717, 1.165) is 81.2 Å². The number of ether oxygens (including phenoxy) is 2. The van der Waals surface area contributed by atoms with Gasteiger partial charge in [0, 0.05) is 17.0 Å². The summed E-state index contributed by atoms with van der Waals surface area (Å²) in [6.45, 7) is 11.7. The van der Waals surface area contributed by atoms with Crippen molar-refractivity contribution in [1.82, 2.24) is 20.2 Å². The van der Waals surface area contributed by atoms with Crippen molar-refractivity contribution < 1.29 is 28.8 Å². The van der Waals surface area contributed by atoms with Gasteiger partial charge in [0.05, 0.1) is 35.4 Å². The summed E-state index contributed by atoms with van der Waals surface area (Å²) < 4.78 is 17.3. The van der Waals surface area contributed by atoms with Crippen LogP contribution in [0.3, 0.4) is 0 Å². The van der Waals surface area contributed by atoms with Crippen molar-refractivity contribution in [1.29, 1.82) is 0 Å². The average molecular weight is 667 g/mol. The molecule has 4 aromatic rings. The molecule has 0 radical (unpaired) electrons. The average Bonchev–Trinajstić information content (AvgIpc) is 3.79. The van der Waals surface area contributed by atoms with E-state index in [2.05, 4.69) is 46.7 Å². The Bertz CT molecular complexity index is 1930. The van der Waals surface area contributed by atoms with Crippen molar-refractivity contribution >= 4 is 46.8 Å². The number of carbonyl (C=O) groups excluding carboxylic acids is 2. The third kappa shape index (κ3) is 5.95. The lowest BCUT2D eigenvalue weighted by atomic mass is 9.80. The summed E-state index contributed by atoms with van der Waals surface area (Å²) in [5.74, 6) is 1.82. The van der Waals surface area contributed by atoms with Crippen molar-refractivity contribution in [3.05, 3.63) is 53.9 Å². The van der Waals surface area contributed by atoms with Gasteiger partial charge in [-0.2, -0.15) is 0 Å². The van der Waals surface area contributed by atoms with Crippen LogP contribution in [0, 0.1) is 11.8 Å². The number of hydrogen-bond acceptors (Lipinski definition) is 7. The van der Waals surface area contributed by atoms with Crippen LogP contribution in [0.25, 0.3) is 32.9 Å². The van der Waals surface area contributed by atoms with Crippen molar-refractivity contribution in [2.24, 2.45) is 11.8 Å². The molecule has 10 nitrogen and oxygen atoms in total. The number of amides is 2. The number of benzene rings is 3. The Hall–Kier alpha value is -4.09. The van der Waals surface area contributed by atoms with Gasteiger partial charge in [0.25, 0.3) is 0 Å². The molecular weight excluding hydrogens is 619 g/mol. The number of imidazole rings is 1. The summed E-state index contributed by atoms with van der Waals surface area (Å²) in [7, 11) is 1.71. The first-order valence-corrected chi connectivity index (χ1v) is 17.5. The summed E-state index contributed by atoms with van der Waals surface area (Å²) in [5, 5.41) is 15.4. The molecule has 3 aromatic carbocycles. The second-order valence-electron chi connectivity index (χ2n) is 15.4. The van der Waals surface area contributed by atoms with Crippen molar-refractivity contribution in [3.8, 4) is 16.9 Å². The van der Waals surface area contributed by atoms with Gasteiger partial charge in [-0.3, -0.25) is 4.79 Å². The Kier molecular flexibility index (Phi) is 8.42. The normalized spacial score (nSPS) is 20.9. The second-order valence-corrected chi connectivity index (χ2v) is 15.4. The van der Waals surface area contributed by atoms with Crippen LogP contribution in [0.1, 0.15) is 84.7 Å². The fourth-order valence-electron chi connectivity index (χ4n) is 7.76. The van der Waals surface area contributed by atoms with Crippen molar-refractivity contribution in [2.45, 2.75) is 103 Å². The van der Waals surface area contributed by atoms with Gasteiger partial charge in [0.2, 0.25) is 5.91 Å². The van der Waals surface area contributed by atoms with E-state index in [4.69, 9.17) is 19.1 Å². The standard InChI is InChI=1S/C38H47BN4O6/c1-20(2)32(42-36(45)47-7)35(44)43-29-10-8-9-22(29)17-30(43)34-40-28-14-11-21-16-27-25-13-12-24(39-49-38(5,6)37(3,4)46)15-23(25)19-48-31(27)18-26(21)33(28)41-34/h11-16,18,20,22,29-30,32,39,46H,8-10,17,19H2,1-7H3,(H,40,41)(H,42,45)/t22-,29-,30?,32-/m0/s1. The van der Waals surface area contributed by atoms with Gasteiger partial charge in [0.1, 0.15) is 24.2 Å². The molecule has 11 heteroatoms. The molecule has 1 aromatic heterocycles. The van der Waals surface area contributed by atoms with Crippen LogP contribution in [0.5, 0.6) is 5.75 Å². The monoisotopic (exact) mass is 666 g/mol. The van der Waals surface area contributed by atoms with E-state index in [1.165, 1.54) is 7.11 Å². The molecule has 1 saturated carbocycles. The minimum atomic E-state index is -0.974. The zero-order chi connectivity index (χ0) is 34.8. The fourth-order valence-corrected chi connectivity index (χ4v) is 7.76. The van der Waals surface area contributed by atoms with E-state index in [9.17, 15) is 14.7 Å². The summed E-state index contributed by atoms with van der Waals surface area (Å²) in [4.78, 5) is 37.1. The van der Waals surface area contributed by atoms with Gasteiger partial charge in [-0.05, 0) is 93.5 Å². The summed E-state index contributed by atoms with van der Waals surface area (Å²) >= 11 is 0. The predicted molar refractivity (Wildman–Crippen MR) is 191 cm³/mol. The molecule has 1 aliphatic carbocycles. The number of nitrogens with zero attached hydrogens (tertiary/aromatic N) is 2. The van der Waals surface area contributed by atoms with E-state index in [1.807, 2.05) is 38.7 Å². The van der Waals surface area contributed by atoms with Crippen LogP contribution in [0.15, 0.2) is 42.5 Å². The largest absolute Gasteiger partial charge is 0.488 e. The van der Waals surface area contributed by atoms with Gasteiger partial charge < -0.3 is 34.4 Å². The van der Waals surface area contributed by atoms with E-state index in [1.54, 1.807) is 13.8 Å². The number of aromatic nitrogens is 2. The van der Waals surface area contributed by atoms with Crippen LogP contribution in [-0.4, -0.2) is 69.9 Å². The first-order chi connectivity index (χ1) is 23.3. The molecule has 0 spiro atoms. The number of hydrogen-bond donors (Lipinski definition) is 3. The molecule has 258 valence electrons. The molecule has 1 saturated heterocycles. The Morgan fingerprint density at radius 2 is 1.90 bits per heavy atom. The Balaban J connectivity index is 1.20.